The van der Waals surface area contributed by atoms with Crippen molar-refractivity contribution in [2.45, 2.75) is 6.92 Å². The summed E-state index contributed by atoms with van der Waals surface area (Å²) < 4.78 is 6.13. The highest BCUT2D eigenvalue weighted by Crippen LogP contribution is 2.27. The molecule has 0 amide bonds. The van der Waals surface area contributed by atoms with Crippen LogP contribution < -0.4 is 4.74 Å². The molecule has 0 aliphatic heterocycles. The Hall–Kier alpha value is -1.95. The Morgan fingerprint density at radius 2 is 2.11 bits per heavy atom. The van der Waals surface area contributed by atoms with Crippen LogP contribution in [0.3, 0.4) is 0 Å². The number of hydrogen-bond acceptors (Lipinski definition) is 4. The first-order valence-corrected chi connectivity index (χ1v) is 5.85. The van der Waals surface area contributed by atoms with Crippen LogP contribution >= 0.6 is 15.9 Å². The second-order valence-electron chi connectivity index (χ2n) is 3.55. The fraction of sp³-hybridized carbons (Fsp3) is 0.0833. The van der Waals surface area contributed by atoms with Crippen LogP contribution in [0.5, 0.6) is 11.6 Å². The third kappa shape index (κ3) is 2.84. The molecule has 1 heterocycles. The van der Waals surface area contributed by atoms with Gasteiger partial charge in [0.05, 0.1) is 0 Å². The lowest BCUT2D eigenvalue weighted by atomic mass is 10.2. The van der Waals surface area contributed by atoms with E-state index in [4.69, 9.17) is 9.84 Å². The lowest BCUT2D eigenvalue weighted by molar-refractivity contribution is 0.0694. The molecule has 0 bridgehead atoms. The number of aromatic carboxylic acids is 1. The van der Waals surface area contributed by atoms with E-state index in [1.807, 2.05) is 0 Å². The molecule has 0 atom stereocenters. The summed E-state index contributed by atoms with van der Waals surface area (Å²) in [5.41, 5.74) is 0.814. The normalized spacial score (nSPS) is 10.1. The molecule has 1 N–H and O–H groups in total. The number of nitrogens with zero attached hydrogens (tertiary/aromatic N) is 2. The second kappa shape index (κ2) is 5.14. The topological polar surface area (TPSA) is 72.3 Å². The molecule has 2 aromatic rings. The van der Waals surface area contributed by atoms with Crippen molar-refractivity contribution in [2.75, 3.05) is 0 Å². The fourth-order valence-corrected chi connectivity index (χ4v) is 1.72. The Labute approximate surface area is 112 Å². The molecule has 0 unspecified atom stereocenters. The van der Waals surface area contributed by atoms with Gasteiger partial charge in [0, 0.05) is 16.2 Å². The molecule has 0 aliphatic rings. The molecular weight excluding hydrogens is 300 g/mol. The summed E-state index contributed by atoms with van der Waals surface area (Å²) >= 11 is 3.22. The van der Waals surface area contributed by atoms with Crippen molar-refractivity contribution < 1.29 is 14.6 Å². The molecule has 5 nitrogen and oxygen atoms in total. The van der Waals surface area contributed by atoms with E-state index >= 15 is 0 Å². The standard InChI is InChI=1S/C12H9BrN2O3/c1-7-4-11(15-6-14-7)18-10-3-2-8(13)5-9(10)12(16)17/h2-6H,1H3,(H,16,17). The van der Waals surface area contributed by atoms with Gasteiger partial charge in [0.1, 0.15) is 17.6 Å². The Morgan fingerprint density at radius 1 is 1.33 bits per heavy atom. The molecule has 6 heteroatoms. The lowest BCUT2D eigenvalue weighted by Crippen LogP contribution is -2.01. The number of carboxylic acid groups (broad SMARTS) is 1. The molecule has 2 rings (SSSR count). The summed E-state index contributed by atoms with van der Waals surface area (Å²) in [4.78, 5) is 19.0. The summed E-state index contributed by atoms with van der Waals surface area (Å²) in [6, 6.07) is 6.39. The first-order valence-electron chi connectivity index (χ1n) is 5.05. The summed E-state index contributed by atoms with van der Waals surface area (Å²) in [5.74, 6) is -0.506. The van der Waals surface area contributed by atoms with Gasteiger partial charge in [-0.25, -0.2) is 14.8 Å². The monoisotopic (exact) mass is 308 g/mol. The van der Waals surface area contributed by atoms with Gasteiger partial charge < -0.3 is 9.84 Å². The summed E-state index contributed by atoms with van der Waals surface area (Å²) in [6.45, 7) is 1.80. The zero-order valence-corrected chi connectivity index (χ0v) is 11.0. The van der Waals surface area contributed by atoms with Gasteiger partial charge in [0.2, 0.25) is 5.88 Å². The SMILES string of the molecule is Cc1cc(Oc2ccc(Br)cc2C(=O)O)ncn1. The van der Waals surface area contributed by atoms with Crippen molar-refractivity contribution in [2.24, 2.45) is 0 Å². The van der Waals surface area contributed by atoms with Crippen LogP contribution in [0.4, 0.5) is 0 Å². The molecule has 0 spiro atoms. The van der Waals surface area contributed by atoms with Gasteiger partial charge in [-0.1, -0.05) is 15.9 Å². The maximum atomic E-state index is 11.1. The highest BCUT2D eigenvalue weighted by Gasteiger charge is 2.13. The fourth-order valence-electron chi connectivity index (χ4n) is 1.36. The number of aryl methyl sites for hydroxylation is 1. The highest BCUT2D eigenvalue weighted by molar-refractivity contribution is 9.10. The molecule has 1 aromatic carbocycles. The number of rotatable bonds is 3. The summed E-state index contributed by atoms with van der Waals surface area (Å²) in [5, 5.41) is 9.09. The predicted molar refractivity (Wildman–Crippen MR) is 67.9 cm³/mol. The van der Waals surface area contributed by atoms with Crippen molar-refractivity contribution in [1.82, 2.24) is 9.97 Å². The predicted octanol–water partition coefficient (Wildman–Crippen LogP) is 3.04. The molecule has 0 aliphatic carbocycles. The molecule has 0 radical (unpaired) electrons. The Balaban J connectivity index is 2.37. The van der Waals surface area contributed by atoms with E-state index in [0.29, 0.717) is 10.4 Å². The minimum Gasteiger partial charge on any atom is -0.478 e. The first-order chi connectivity index (χ1) is 8.56. The van der Waals surface area contributed by atoms with Crippen LogP contribution in [0.1, 0.15) is 16.1 Å². The van der Waals surface area contributed by atoms with Crippen molar-refractivity contribution >= 4 is 21.9 Å². The van der Waals surface area contributed by atoms with E-state index in [0.717, 1.165) is 5.69 Å². The van der Waals surface area contributed by atoms with Gasteiger partial charge in [-0.2, -0.15) is 0 Å². The average Bonchev–Trinajstić information content (AvgIpc) is 2.31. The molecule has 0 saturated carbocycles. The number of hydrogen-bond donors (Lipinski definition) is 1. The van der Waals surface area contributed by atoms with Crippen LogP contribution in [0, 0.1) is 6.92 Å². The molecule has 0 fully saturated rings. The second-order valence-corrected chi connectivity index (χ2v) is 4.46. The number of aromatic nitrogens is 2. The van der Waals surface area contributed by atoms with Gasteiger partial charge in [-0.3, -0.25) is 0 Å². The van der Waals surface area contributed by atoms with Gasteiger partial charge in [-0.05, 0) is 25.1 Å². The van der Waals surface area contributed by atoms with E-state index in [1.54, 1.807) is 25.1 Å². The first kappa shape index (κ1) is 12.5. The summed E-state index contributed by atoms with van der Waals surface area (Å²) in [7, 11) is 0. The van der Waals surface area contributed by atoms with E-state index in [9.17, 15) is 4.79 Å². The van der Waals surface area contributed by atoms with E-state index < -0.39 is 5.97 Å². The van der Waals surface area contributed by atoms with E-state index in [-0.39, 0.29) is 11.3 Å². The average molecular weight is 309 g/mol. The van der Waals surface area contributed by atoms with E-state index in [1.165, 1.54) is 12.4 Å². The maximum absolute atomic E-state index is 11.1. The lowest BCUT2D eigenvalue weighted by Gasteiger charge is -2.08. The van der Waals surface area contributed by atoms with Crippen molar-refractivity contribution in [3.05, 3.63) is 46.3 Å². The maximum Gasteiger partial charge on any atom is 0.339 e. The minimum atomic E-state index is -1.06. The van der Waals surface area contributed by atoms with Crippen molar-refractivity contribution in [3.8, 4) is 11.6 Å². The van der Waals surface area contributed by atoms with Crippen LogP contribution in [0.15, 0.2) is 35.1 Å². The third-order valence-electron chi connectivity index (χ3n) is 2.17. The summed E-state index contributed by atoms with van der Waals surface area (Å²) in [6.07, 6.45) is 1.37. The van der Waals surface area contributed by atoms with Crippen LogP contribution in [-0.4, -0.2) is 21.0 Å². The molecular formula is C12H9BrN2O3. The number of carboxylic acids is 1. The van der Waals surface area contributed by atoms with Crippen LogP contribution in [0.25, 0.3) is 0 Å². The highest BCUT2D eigenvalue weighted by atomic mass is 79.9. The third-order valence-corrected chi connectivity index (χ3v) is 2.66. The smallest absolute Gasteiger partial charge is 0.339 e. The zero-order chi connectivity index (χ0) is 13.1. The van der Waals surface area contributed by atoms with Gasteiger partial charge >= 0.3 is 5.97 Å². The minimum absolute atomic E-state index is 0.0700. The molecule has 1 aromatic heterocycles. The Bertz CT molecular complexity index is 602. The largest absolute Gasteiger partial charge is 0.478 e. The van der Waals surface area contributed by atoms with Gasteiger partial charge in [-0.15, -0.1) is 0 Å². The Morgan fingerprint density at radius 3 is 2.78 bits per heavy atom. The molecule has 18 heavy (non-hydrogen) atoms. The van der Waals surface area contributed by atoms with E-state index in [2.05, 4.69) is 25.9 Å². The number of benzene rings is 1. The van der Waals surface area contributed by atoms with Crippen LogP contribution in [-0.2, 0) is 0 Å². The number of carbonyl (C=O) groups is 1. The molecule has 0 saturated heterocycles. The Kier molecular flexibility index (Phi) is 3.57. The molecule has 92 valence electrons. The quantitative estimate of drug-likeness (QED) is 0.943. The van der Waals surface area contributed by atoms with Crippen molar-refractivity contribution in [1.29, 1.82) is 0 Å². The number of halogens is 1. The van der Waals surface area contributed by atoms with Crippen LogP contribution in [0.2, 0.25) is 0 Å². The van der Waals surface area contributed by atoms with Gasteiger partial charge in [0.15, 0.2) is 0 Å². The van der Waals surface area contributed by atoms with Gasteiger partial charge in [0.25, 0.3) is 0 Å². The zero-order valence-electron chi connectivity index (χ0n) is 9.42. The number of ether oxygens (including phenoxy) is 1. The van der Waals surface area contributed by atoms with Crippen molar-refractivity contribution in [3.63, 3.8) is 0 Å².